The Kier molecular flexibility index (Phi) is 2.20. The number of aromatic amines is 1. The van der Waals surface area contributed by atoms with Crippen molar-refractivity contribution in [2.75, 3.05) is 6.54 Å². The summed E-state index contributed by atoms with van der Waals surface area (Å²) in [7, 11) is 0. The van der Waals surface area contributed by atoms with E-state index >= 15 is 0 Å². The lowest BCUT2D eigenvalue weighted by Gasteiger charge is -1.98. The van der Waals surface area contributed by atoms with Crippen LogP contribution >= 0.6 is 0 Å². The van der Waals surface area contributed by atoms with Gasteiger partial charge in [0.2, 0.25) is 0 Å². The number of nitrogens with one attached hydrogen (secondary N) is 1. The molecule has 4 nitrogen and oxygen atoms in total. The van der Waals surface area contributed by atoms with Crippen molar-refractivity contribution in [3.8, 4) is 0 Å². The first-order chi connectivity index (χ1) is 6.86. The topological polar surface area (TPSA) is 80.2 Å². The molecule has 72 valence electrons. The molecule has 14 heavy (non-hydrogen) atoms. The third-order valence-corrected chi connectivity index (χ3v) is 2.25. The highest BCUT2D eigenvalue weighted by atomic mass is 15.1. The number of hydrazone groups is 1. The maximum atomic E-state index is 5.54. The quantitative estimate of drug-likeness (QED) is 0.370. The molecule has 0 atom stereocenters. The molecule has 1 aromatic heterocycles. The number of fused-ring (bicyclic) bond motifs is 1. The Hall–Kier alpha value is -1.81. The molecule has 0 aliphatic rings. The Morgan fingerprint density at radius 3 is 2.86 bits per heavy atom. The number of H-pyrrole nitrogens is 1. The van der Waals surface area contributed by atoms with Gasteiger partial charge in [0.05, 0.1) is 5.71 Å². The van der Waals surface area contributed by atoms with Crippen LogP contribution in [0.1, 0.15) is 5.56 Å². The standard InChI is InChI=1S/C10H12N4/c11-5-10(14-12)8-6-13-9-4-2-1-3-7(8)9/h1-4,6,13H,5,11-12H2. The zero-order valence-electron chi connectivity index (χ0n) is 7.70. The number of nitrogens with two attached hydrogens (primary N) is 2. The summed E-state index contributed by atoms with van der Waals surface area (Å²) in [6.45, 7) is 0.346. The molecule has 0 unspecified atom stereocenters. The molecule has 0 bridgehead atoms. The summed E-state index contributed by atoms with van der Waals surface area (Å²) in [6.07, 6.45) is 1.88. The molecule has 1 heterocycles. The van der Waals surface area contributed by atoms with Crippen LogP contribution in [0.15, 0.2) is 35.6 Å². The van der Waals surface area contributed by atoms with Gasteiger partial charge in [-0.2, -0.15) is 5.10 Å². The molecule has 5 N–H and O–H groups in total. The lowest BCUT2D eigenvalue weighted by molar-refractivity contribution is 1.19. The molecular weight excluding hydrogens is 176 g/mol. The zero-order chi connectivity index (χ0) is 9.97. The number of rotatable bonds is 2. The monoisotopic (exact) mass is 188 g/mol. The van der Waals surface area contributed by atoms with E-state index in [2.05, 4.69) is 10.1 Å². The van der Waals surface area contributed by atoms with E-state index in [-0.39, 0.29) is 0 Å². The third-order valence-electron chi connectivity index (χ3n) is 2.25. The van der Waals surface area contributed by atoms with Gasteiger partial charge in [0.15, 0.2) is 0 Å². The van der Waals surface area contributed by atoms with Crippen molar-refractivity contribution in [1.29, 1.82) is 0 Å². The van der Waals surface area contributed by atoms with E-state index in [1.54, 1.807) is 0 Å². The largest absolute Gasteiger partial charge is 0.360 e. The van der Waals surface area contributed by atoms with Crippen molar-refractivity contribution in [2.24, 2.45) is 16.7 Å². The van der Waals surface area contributed by atoms with Gasteiger partial charge in [0, 0.05) is 29.2 Å². The SMILES string of the molecule is NCC(=NN)c1c[nH]c2ccccc12. The number of para-hydroxylation sites is 1. The Balaban J connectivity index is 2.63. The highest BCUT2D eigenvalue weighted by Crippen LogP contribution is 2.17. The van der Waals surface area contributed by atoms with Gasteiger partial charge in [-0.1, -0.05) is 18.2 Å². The van der Waals surface area contributed by atoms with Crippen LogP contribution < -0.4 is 11.6 Å². The van der Waals surface area contributed by atoms with E-state index in [1.807, 2.05) is 30.5 Å². The van der Waals surface area contributed by atoms with E-state index in [4.69, 9.17) is 11.6 Å². The molecule has 0 saturated carbocycles. The number of benzene rings is 1. The van der Waals surface area contributed by atoms with Gasteiger partial charge in [-0.3, -0.25) is 0 Å². The van der Waals surface area contributed by atoms with Gasteiger partial charge in [-0.05, 0) is 6.07 Å². The van der Waals surface area contributed by atoms with Crippen LogP contribution in [0.25, 0.3) is 10.9 Å². The number of nitrogens with zero attached hydrogens (tertiary/aromatic N) is 1. The van der Waals surface area contributed by atoms with Gasteiger partial charge >= 0.3 is 0 Å². The summed E-state index contributed by atoms with van der Waals surface area (Å²) in [5, 5.41) is 4.77. The Bertz CT molecular complexity index is 470. The summed E-state index contributed by atoms with van der Waals surface area (Å²) in [4.78, 5) is 3.15. The maximum absolute atomic E-state index is 5.54. The maximum Gasteiger partial charge on any atom is 0.0829 e. The van der Waals surface area contributed by atoms with E-state index in [0.717, 1.165) is 16.5 Å². The fourth-order valence-corrected chi connectivity index (χ4v) is 1.54. The van der Waals surface area contributed by atoms with Gasteiger partial charge < -0.3 is 16.6 Å². The lowest BCUT2D eigenvalue weighted by Crippen LogP contribution is -2.16. The van der Waals surface area contributed by atoms with Crippen LogP contribution in [0.5, 0.6) is 0 Å². The number of hydrogen-bond acceptors (Lipinski definition) is 3. The average molecular weight is 188 g/mol. The first kappa shape index (κ1) is 8.77. The molecule has 1 aromatic carbocycles. The smallest absolute Gasteiger partial charge is 0.0829 e. The Morgan fingerprint density at radius 2 is 2.14 bits per heavy atom. The first-order valence-electron chi connectivity index (χ1n) is 4.40. The molecule has 4 heteroatoms. The zero-order valence-corrected chi connectivity index (χ0v) is 7.70. The van der Waals surface area contributed by atoms with Crippen LogP contribution in [0, 0.1) is 0 Å². The molecule has 2 aromatic rings. The number of hydrogen-bond donors (Lipinski definition) is 3. The summed E-state index contributed by atoms with van der Waals surface area (Å²) < 4.78 is 0. The van der Waals surface area contributed by atoms with Gasteiger partial charge in [-0.15, -0.1) is 0 Å². The molecule has 0 fully saturated rings. The fraction of sp³-hybridized carbons (Fsp3) is 0.100. The highest BCUT2D eigenvalue weighted by Gasteiger charge is 2.07. The van der Waals surface area contributed by atoms with Crippen molar-refractivity contribution < 1.29 is 0 Å². The summed E-state index contributed by atoms with van der Waals surface area (Å²) in [6, 6.07) is 7.97. The molecule has 0 aliphatic heterocycles. The van der Waals surface area contributed by atoms with Crippen LogP contribution in [-0.2, 0) is 0 Å². The number of aromatic nitrogens is 1. The summed E-state index contributed by atoms with van der Waals surface area (Å²) in [5.41, 5.74) is 8.30. The third kappa shape index (κ3) is 1.25. The summed E-state index contributed by atoms with van der Waals surface area (Å²) >= 11 is 0. The van der Waals surface area contributed by atoms with E-state index in [1.165, 1.54) is 0 Å². The second kappa shape index (κ2) is 3.51. The fourth-order valence-electron chi connectivity index (χ4n) is 1.54. The van der Waals surface area contributed by atoms with Crippen LogP contribution in [0.4, 0.5) is 0 Å². The van der Waals surface area contributed by atoms with E-state index in [0.29, 0.717) is 12.3 Å². The molecule has 0 saturated heterocycles. The van der Waals surface area contributed by atoms with Crippen molar-refractivity contribution in [2.45, 2.75) is 0 Å². The van der Waals surface area contributed by atoms with E-state index < -0.39 is 0 Å². The molecule has 0 aliphatic carbocycles. The lowest BCUT2D eigenvalue weighted by atomic mass is 10.1. The van der Waals surface area contributed by atoms with Gasteiger partial charge in [-0.25, -0.2) is 0 Å². The molecule has 0 amide bonds. The van der Waals surface area contributed by atoms with Crippen LogP contribution in [-0.4, -0.2) is 17.2 Å². The second-order valence-corrected chi connectivity index (χ2v) is 3.03. The minimum Gasteiger partial charge on any atom is -0.360 e. The van der Waals surface area contributed by atoms with Crippen LogP contribution in [0.3, 0.4) is 0 Å². The average Bonchev–Trinajstić information content (AvgIpc) is 2.65. The molecule has 2 rings (SSSR count). The molecule has 0 radical (unpaired) electrons. The Labute approximate surface area is 81.6 Å². The molecule has 0 spiro atoms. The molecular formula is C10H12N4. The summed E-state index contributed by atoms with van der Waals surface area (Å²) in [5.74, 6) is 5.26. The minimum atomic E-state index is 0.346. The van der Waals surface area contributed by atoms with Gasteiger partial charge in [0.25, 0.3) is 0 Å². The first-order valence-corrected chi connectivity index (χ1v) is 4.40. The van der Waals surface area contributed by atoms with Gasteiger partial charge in [0.1, 0.15) is 0 Å². The van der Waals surface area contributed by atoms with Crippen molar-refractivity contribution in [3.63, 3.8) is 0 Å². The Morgan fingerprint density at radius 1 is 1.36 bits per heavy atom. The van der Waals surface area contributed by atoms with Crippen LogP contribution in [0.2, 0.25) is 0 Å². The van der Waals surface area contributed by atoms with Crippen molar-refractivity contribution >= 4 is 16.6 Å². The predicted octanol–water partition coefficient (Wildman–Crippen LogP) is 0.789. The van der Waals surface area contributed by atoms with Crippen molar-refractivity contribution in [1.82, 2.24) is 4.98 Å². The van der Waals surface area contributed by atoms with Crippen molar-refractivity contribution in [3.05, 3.63) is 36.0 Å². The predicted molar refractivity (Wildman–Crippen MR) is 58.1 cm³/mol. The normalized spacial score (nSPS) is 12.2. The highest BCUT2D eigenvalue weighted by molar-refractivity contribution is 6.11. The minimum absolute atomic E-state index is 0.346. The van der Waals surface area contributed by atoms with E-state index in [9.17, 15) is 0 Å². The second-order valence-electron chi connectivity index (χ2n) is 3.03.